The maximum atomic E-state index is 9.48. The molecule has 0 spiro atoms. The highest BCUT2D eigenvalue weighted by Gasteiger charge is 2.25. The van der Waals surface area contributed by atoms with Crippen molar-refractivity contribution >= 4 is 17.6 Å². The third kappa shape index (κ3) is 3.20. The summed E-state index contributed by atoms with van der Waals surface area (Å²) in [5.74, 6) is 1.48. The van der Waals surface area contributed by atoms with Crippen molar-refractivity contribution in [3.8, 4) is 0 Å². The Labute approximate surface area is 102 Å². The van der Waals surface area contributed by atoms with Gasteiger partial charge in [-0.15, -0.1) is 0 Å². The number of aliphatic hydroxyl groups is 1. The molecule has 6 nitrogen and oxygen atoms in total. The number of rotatable bonds is 6. The first-order valence-electron chi connectivity index (χ1n) is 5.80. The van der Waals surface area contributed by atoms with E-state index >= 15 is 0 Å². The highest BCUT2D eigenvalue weighted by Crippen LogP contribution is 2.22. The molecule has 5 N–H and O–H groups in total. The first-order chi connectivity index (χ1) is 8.09. The molecule has 0 aromatic carbocycles. The van der Waals surface area contributed by atoms with Crippen LogP contribution < -0.4 is 16.4 Å². The van der Waals surface area contributed by atoms with Gasteiger partial charge in [-0.3, -0.25) is 0 Å². The van der Waals surface area contributed by atoms with Crippen LogP contribution in [0, 0.1) is 0 Å². The van der Waals surface area contributed by atoms with Crippen LogP contribution in [0.15, 0.2) is 6.07 Å². The molecule has 1 aromatic heterocycles. The van der Waals surface area contributed by atoms with Crippen LogP contribution in [-0.4, -0.2) is 34.3 Å². The molecule has 0 atom stereocenters. The molecular weight excluding hydrogens is 218 g/mol. The molecule has 0 aliphatic heterocycles. The molecule has 17 heavy (non-hydrogen) atoms. The number of nitrogens with zero attached hydrogens (tertiary/aromatic N) is 2. The monoisotopic (exact) mass is 239 g/mol. The lowest BCUT2D eigenvalue weighted by Crippen LogP contribution is -2.41. The van der Waals surface area contributed by atoms with E-state index in [9.17, 15) is 5.11 Å². The van der Waals surface area contributed by atoms with Crippen LogP contribution in [0.1, 0.15) is 26.7 Å². The zero-order chi connectivity index (χ0) is 12.9. The summed E-state index contributed by atoms with van der Waals surface area (Å²) in [6, 6.07) is 1.77. The van der Waals surface area contributed by atoms with Crippen LogP contribution in [0.4, 0.5) is 17.6 Å². The molecule has 1 rings (SSSR count). The summed E-state index contributed by atoms with van der Waals surface area (Å²) in [5.41, 5.74) is 5.26. The Bertz CT molecular complexity index is 357. The lowest BCUT2D eigenvalue weighted by molar-refractivity contribution is 0.202. The Hall–Kier alpha value is -1.56. The quantitative estimate of drug-likeness (QED) is 0.593. The smallest absolute Gasteiger partial charge is 0.223 e. The minimum atomic E-state index is -0.355. The van der Waals surface area contributed by atoms with Crippen LogP contribution in [0.2, 0.25) is 0 Å². The van der Waals surface area contributed by atoms with Gasteiger partial charge < -0.3 is 21.5 Å². The summed E-state index contributed by atoms with van der Waals surface area (Å²) in [6.07, 6.45) is 1.61. The molecule has 1 heterocycles. The maximum absolute atomic E-state index is 9.48. The van der Waals surface area contributed by atoms with Crippen LogP contribution in [0.25, 0.3) is 0 Å². The Morgan fingerprint density at radius 3 is 2.35 bits per heavy atom. The van der Waals surface area contributed by atoms with Gasteiger partial charge in [0.15, 0.2) is 0 Å². The van der Waals surface area contributed by atoms with Gasteiger partial charge in [-0.2, -0.15) is 9.97 Å². The predicted octanol–water partition coefficient (Wildman–Crippen LogP) is 1.06. The van der Waals surface area contributed by atoms with E-state index in [0.29, 0.717) is 11.6 Å². The van der Waals surface area contributed by atoms with Gasteiger partial charge in [-0.1, -0.05) is 13.8 Å². The maximum Gasteiger partial charge on any atom is 0.223 e. The van der Waals surface area contributed by atoms with Gasteiger partial charge >= 0.3 is 0 Å². The Balaban J connectivity index is 2.96. The van der Waals surface area contributed by atoms with Crippen LogP contribution in [-0.2, 0) is 0 Å². The zero-order valence-electron chi connectivity index (χ0n) is 10.6. The van der Waals surface area contributed by atoms with Crippen molar-refractivity contribution in [3.05, 3.63) is 6.07 Å². The van der Waals surface area contributed by atoms with Gasteiger partial charge in [0, 0.05) is 13.1 Å². The average molecular weight is 239 g/mol. The van der Waals surface area contributed by atoms with E-state index in [1.807, 2.05) is 13.8 Å². The lowest BCUT2D eigenvalue weighted by atomic mass is 9.94. The van der Waals surface area contributed by atoms with E-state index in [0.717, 1.165) is 12.8 Å². The van der Waals surface area contributed by atoms with Gasteiger partial charge in [0.1, 0.15) is 11.6 Å². The lowest BCUT2D eigenvalue weighted by Gasteiger charge is -2.31. The van der Waals surface area contributed by atoms with Crippen LogP contribution in [0.3, 0.4) is 0 Å². The molecule has 0 fully saturated rings. The van der Waals surface area contributed by atoms with Crippen molar-refractivity contribution < 1.29 is 5.11 Å². The summed E-state index contributed by atoms with van der Waals surface area (Å²) < 4.78 is 0. The van der Waals surface area contributed by atoms with E-state index < -0.39 is 0 Å². The largest absolute Gasteiger partial charge is 0.394 e. The van der Waals surface area contributed by atoms with Crippen molar-refractivity contribution in [2.24, 2.45) is 0 Å². The summed E-state index contributed by atoms with van der Waals surface area (Å²) in [5, 5.41) is 15.6. The zero-order valence-corrected chi connectivity index (χ0v) is 10.6. The molecule has 96 valence electrons. The number of hydrogen-bond acceptors (Lipinski definition) is 6. The average Bonchev–Trinajstić information content (AvgIpc) is 2.35. The van der Waals surface area contributed by atoms with Gasteiger partial charge in [-0.25, -0.2) is 0 Å². The number of anilines is 3. The van der Waals surface area contributed by atoms with Crippen molar-refractivity contribution in [2.45, 2.75) is 32.2 Å². The number of nitrogen functional groups attached to an aromatic ring is 1. The second-order valence-electron chi connectivity index (χ2n) is 4.02. The minimum Gasteiger partial charge on any atom is -0.394 e. The normalized spacial score (nSPS) is 11.3. The van der Waals surface area contributed by atoms with Gasteiger partial charge in [0.05, 0.1) is 12.1 Å². The SMILES string of the molecule is CCC(CC)(CO)Nc1cc(NC)nc(N)n1. The molecule has 0 unspecified atom stereocenters. The van der Waals surface area contributed by atoms with E-state index in [1.54, 1.807) is 13.1 Å². The van der Waals surface area contributed by atoms with Crippen molar-refractivity contribution in [1.82, 2.24) is 9.97 Å². The first kappa shape index (κ1) is 13.5. The fourth-order valence-electron chi connectivity index (χ4n) is 1.62. The molecule has 0 radical (unpaired) electrons. The molecule has 0 aliphatic carbocycles. The molecule has 0 amide bonds. The fraction of sp³-hybridized carbons (Fsp3) is 0.636. The van der Waals surface area contributed by atoms with Crippen LogP contribution >= 0.6 is 0 Å². The van der Waals surface area contributed by atoms with E-state index in [4.69, 9.17) is 5.73 Å². The number of aromatic nitrogens is 2. The predicted molar refractivity (Wildman–Crippen MR) is 70.0 cm³/mol. The second kappa shape index (κ2) is 5.67. The standard InChI is InChI=1S/C11H21N5O/c1-4-11(5-2,7-17)16-9-6-8(13-3)14-10(12)15-9/h6,17H,4-5,7H2,1-3H3,(H4,12,13,14,15,16). The molecule has 0 aliphatic rings. The van der Waals surface area contributed by atoms with Gasteiger partial charge in [0.25, 0.3) is 0 Å². The van der Waals surface area contributed by atoms with Gasteiger partial charge in [0.2, 0.25) is 5.95 Å². The number of hydrogen-bond donors (Lipinski definition) is 4. The third-order valence-electron chi connectivity index (χ3n) is 3.05. The highest BCUT2D eigenvalue weighted by atomic mass is 16.3. The highest BCUT2D eigenvalue weighted by molar-refractivity contribution is 5.51. The van der Waals surface area contributed by atoms with E-state index in [1.165, 1.54) is 0 Å². The summed E-state index contributed by atoms with van der Waals surface area (Å²) in [4.78, 5) is 8.13. The Kier molecular flexibility index (Phi) is 4.51. The molecule has 0 saturated heterocycles. The summed E-state index contributed by atoms with van der Waals surface area (Å²) >= 11 is 0. The van der Waals surface area contributed by atoms with Crippen molar-refractivity contribution in [3.63, 3.8) is 0 Å². The van der Waals surface area contributed by atoms with Crippen LogP contribution in [0.5, 0.6) is 0 Å². The molecular formula is C11H21N5O. The van der Waals surface area contributed by atoms with Gasteiger partial charge in [-0.05, 0) is 12.8 Å². The molecule has 1 aromatic rings. The summed E-state index contributed by atoms with van der Waals surface area (Å²) in [7, 11) is 1.77. The van der Waals surface area contributed by atoms with Crippen molar-refractivity contribution in [1.29, 1.82) is 0 Å². The molecule has 6 heteroatoms. The molecule has 0 saturated carbocycles. The Morgan fingerprint density at radius 2 is 1.88 bits per heavy atom. The molecule has 0 bridgehead atoms. The first-order valence-corrected chi connectivity index (χ1v) is 5.80. The van der Waals surface area contributed by atoms with E-state index in [-0.39, 0.29) is 18.1 Å². The van der Waals surface area contributed by atoms with Crippen molar-refractivity contribution in [2.75, 3.05) is 30.0 Å². The third-order valence-corrected chi connectivity index (χ3v) is 3.05. The fourth-order valence-corrected chi connectivity index (χ4v) is 1.62. The summed E-state index contributed by atoms with van der Waals surface area (Å²) in [6.45, 7) is 4.10. The van der Waals surface area contributed by atoms with E-state index in [2.05, 4.69) is 20.6 Å². The minimum absolute atomic E-state index is 0.0544. The topological polar surface area (TPSA) is 96.1 Å². The Morgan fingerprint density at radius 1 is 1.29 bits per heavy atom. The number of nitrogens with one attached hydrogen (secondary N) is 2. The number of nitrogens with two attached hydrogens (primary N) is 1. The number of aliphatic hydroxyl groups excluding tert-OH is 1. The second-order valence-corrected chi connectivity index (χ2v) is 4.02.